The van der Waals surface area contributed by atoms with Crippen molar-refractivity contribution in [3.63, 3.8) is 0 Å². The minimum absolute atomic E-state index is 0.323. The van der Waals surface area contributed by atoms with Crippen molar-refractivity contribution in [3.8, 4) is 0 Å². The Labute approximate surface area is 119 Å². The van der Waals surface area contributed by atoms with Crippen LogP contribution in [0.4, 0.5) is 0 Å². The van der Waals surface area contributed by atoms with Crippen LogP contribution in [0.2, 0.25) is 0 Å². The number of ether oxygens (including phenoxy) is 1. The molecule has 0 aromatic heterocycles. The molecule has 0 bridgehead atoms. The lowest BCUT2D eigenvalue weighted by Gasteiger charge is -2.42. The van der Waals surface area contributed by atoms with Crippen LogP contribution in [0.5, 0.6) is 0 Å². The van der Waals surface area contributed by atoms with Gasteiger partial charge in [-0.25, -0.2) is 0 Å². The Balaban J connectivity index is 1.98. The lowest BCUT2D eigenvalue weighted by atomic mass is 10.1. The van der Waals surface area contributed by atoms with Gasteiger partial charge in [0.05, 0.1) is 0 Å². The molecule has 0 unspecified atom stereocenters. The summed E-state index contributed by atoms with van der Waals surface area (Å²) in [6.45, 7) is 18.8. The van der Waals surface area contributed by atoms with Gasteiger partial charge in [-0.05, 0) is 40.7 Å². The molecular weight excluding hydrogens is 238 g/mol. The van der Waals surface area contributed by atoms with Gasteiger partial charge in [0.1, 0.15) is 0 Å². The molecule has 4 heteroatoms. The lowest BCUT2D eigenvalue weighted by molar-refractivity contribution is 0.0627. The zero-order valence-corrected chi connectivity index (χ0v) is 13.4. The Morgan fingerprint density at radius 3 is 2.32 bits per heavy atom. The fraction of sp³-hybridized carbons (Fsp3) is 1.00. The van der Waals surface area contributed by atoms with Crippen LogP contribution in [0.25, 0.3) is 0 Å². The summed E-state index contributed by atoms with van der Waals surface area (Å²) in [5, 5.41) is 3.50. The highest BCUT2D eigenvalue weighted by Gasteiger charge is 2.25. The molecule has 0 aliphatic carbocycles. The Kier molecular flexibility index (Phi) is 7.91. The highest BCUT2D eigenvalue weighted by atomic mass is 16.5. The number of nitrogens with zero attached hydrogens (tertiary/aromatic N) is 2. The quantitative estimate of drug-likeness (QED) is 0.676. The van der Waals surface area contributed by atoms with E-state index in [0.717, 1.165) is 32.7 Å². The van der Waals surface area contributed by atoms with E-state index < -0.39 is 0 Å². The molecule has 114 valence electrons. The average Bonchev–Trinajstić information content (AvgIpc) is 2.37. The molecule has 0 spiro atoms. The summed E-state index contributed by atoms with van der Waals surface area (Å²) in [7, 11) is 0. The minimum Gasteiger partial charge on any atom is -0.382 e. The average molecular weight is 271 g/mol. The number of nitrogens with one attached hydrogen (secondary N) is 1. The molecule has 1 saturated heterocycles. The van der Waals surface area contributed by atoms with Crippen LogP contribution in [-0.2, 0) is 4.74 Å². The van der Waals surface area contributed by atoms with Crippen LogP contribution in [-0.4, -0.2) is 74.4 Å². The summed E-state index contributed by atoms with van der Waals surface area (Å²) in [5.41, 5.74) is 0.323. The predicted molar refractivity (Wildman–Crippen MR) is 81.7 cm³/mol. The third kappa shape index (κ3) is 7.25. The standard InChI is InChI=1S/C15H33N3O/c1-5-19-14-6-7-16-8-9-17-10-12-18(13-11-17)15(2,3)4/h16H,5-14H2,1-4H3. The van der Waals surface area contributed by atoms with E-state index in [-0.39, 0.29) is 0 Å². The second-order valence-electron chi connectivity index (χ2n) is 6.30. The Morgan fingerprint density at radius 1 is 1.05 bits per heavy atom. The first-order valence-corrected chi connectivity index (χ1v) is 7.80. The molecule has 1 aliphatic rings. The van der Waals surface area contributed by atoms with Gasteiger partial charge in [0.2, 0.25) is 0 Å². The van der Waals surface area contributed by atoms with Crippen LogP contribution < -0.4 is 5.32 Å². The van der Waals surface area contributed by atoms with Crippen LogP contribution in [0, 0.1) is 0 Å². The number of rotatable bonds is 8. The van der Waals surface area contributed by atoms with Crippen molar-refractivity contribution in [2.75, 3.05) is 59.0 Å². The smallest absolute Gasteiger partial charge is 0.0477 e. The molecule has 19 heavy (non-hydrogen) atoms. The van der Waals surface area contributed by atoms with Gasteiger partial charge in [0.25, 0.3) is 0 Å². The number of hydrogen-bond acceptors (Lipinski definition) is 4. The van der Waals surface area contributed by atoms with Gasteiger partial charge in [-0.15, -0.1) is 0 Å². The van der Waals surface area contributed by atoms with Gasteiger partial charge in [-0.3, -0.25) is 9.80 Å². The summed E-state index contributed by atoms with van der Waals surface area (Å²) >= 11 is 0. The van der Waals surface area contributed by atoms with E-state index in [2.05, 4.69) is 35.9 Å². The summed E-state index contributed by atoms with van der Waals surface area (Å²) in [6.07, 6.45) is 1.12. The highest BCUT2D eigenvalue weighted by Crippen LogP contribution is 2.15. The monoisotopic (exact) mass is 271 g/mol. The summed E-state index contributed by atoms with van der Waals surface area (Å²) in [5.74, 6) is 0. The van der Waals surface area contributed by atoms with Gasteiger partial charge in [0.15, 0.2) is 0 Å². The van der Waals surface area contributed by atoms with E-state index in [1.54, 1.807) is 0 Å². The van der Waals surface area contributed by atoms with Gasteiger partial charge >= 0.3 is 0 Å². The molecule has 0 radical (unpaired) electrons. The maximum absolute atomic E-state index is 5.32. The molecule has 0 amide bonds. The lowest BCUT2D eigenvalue weighted by Crippen LogP contribution is -2.54. The zero-order valence-electron chi connectivity index (χ0n) is 13.4. The van der Waals surface area contributed by atoms with E-state index in [4.69, 9.17) is 4.74 Å². The van der Waals surface area contributed by atoms with E-state index >= 15 is 0 Å². The molecule has 4 nitrogen and oxygen atoms in total. The molecule has 0 atom stereocenters. The normalized spacial score (nSPS) is 18.9. The van der Waals surface area contributed by atoms with Crippen LogP contribution in [0.1, 0.15) is 34.1 Å². The van der Waals surface area contributed by atoms with Crippen molar-refractivity contribution < 1.29 is 4.74 Å². The summed E-state index contributed by atoms with van der Waals surface area (Å²) in [6, 6.07) is 0. The molecule has 1 N–H and O–H groups in total. The van der Waals surface area contributed by atoms with Crippen molar-refractivity contribution in [1.82, 2.24) is 15.1 Å². The van der Waals surface area contributed by atoms with E-state index in [1.807, 2.05) is 6.92 Å². The van der Waals surface area contributed by atoms with Crippen LogP contribution >= 0.6 is 0 Å². The van der Waals surface area contributed by atoms with Crippen LogP contribution in [0.3, 0.4) is 0 Å². The van der Waals surface area contributed by atoms with Gasteiger partial charge in [-0.2, -0.15) is 0 Å². The first-order chi connectivity index (χ1) is 9.04. The summed E-state index contributed by atoms with van der Waals surface area (Å²) in [4.78, 5) is 5.15. The fourth-order valence-electron chi connectivity index (χ4n) is 2.45. The SMILES string of the molecule is CCOCCCNCCN1CCN(C(C)(C)C)CC1. The second kappa shape index (κ2) is 8.90. The maximum Gasteiger partial charge on any atom is 0.0477 e. The first-order valence-electron chi connectivity index (χ1n) is 7.80. The van der Waals surface area contributed by atoms with Crippen molar-refractivity contribution in [2.45, 2.75) is 39.7 Å². The zero-order chi connectivity index (χ0) is 14.1. The van der Waals surface area contributed by atoms with Gasteiger partial charge in [-0.1, -0.05) is 0 Å². The number of hydrogen-bond donors (Lipinski definition) is 1. The van der Waals surface area contributed by atoms with Crippen molar-refractivity contribution >= 4 is 0 Å². The fourth-order valence-corrected chi connectivity index (χ4v) is 2.45. The third-order valence-electron chi connectivity index (χ3n) is 3.77. The highest BCUT2D eigenvalue weighted by molar-refractivity contribution is 4.81. The van der Waals surface area contributed by atoms with Crippen molar-refractivity contribution in [1.29, 1.82) is 0 Å². The second-order valence-corrected chi connectivity index (χ2v) is 6.30. The molecule has 1 heterocycles. The molecule has 1 rings (SSSR count). The van der Waals surface area contributed by atoms with Gasteiger partial charge in [0, 0.05) is 58.0 Å². The molecule has 0 saturated carbocycles. The summed E-state index contributed by atoms with van der Waals surface area (Å²) < 4.78 is 5.32. The van der Waals surface area contributed by atoms with E-state index in [0.29, 0.717) is 5.54 Å². The molecule has 1 fully saturated rings. The Bertz CT molecular complexity index is 220. The Morgan fingerprint density at radius 2 is 1.74 bits per heavy atom. The van der Waals surface area contributed by atoms with Gasteiger partial charge < -0.3 is 10.1 Å². The topological polar surface area (TPSA) is 27.7 Å². The first kappa shape index (κ1) is 16.9. The largest absolute Gasteiger partial charge is 0.382 e. The predicted octanol–water partition coefficient (Wildman–Crippen LogP) is 1.42. The van der Waals surface area contributed by atoms with Crippen LogP contribution in [0.15, 0.2) is 0 Å². The third-order valence-corrected chi connectivity index (χ3v) is 3.77. The maximum atomic E-state index is 5.32. The van der Waals surface area contributed by atoms with E-state index in [9.17, 15) is 0 Å². The molecule has 1 aliphatic heterocycles. The Hall–Kier alpha value is -0.160. The number of piperazine rings is 1. The van der Waals surface area contributed by atoms with E-state index in [1.165, 1.54) is 32.7 Å². The van der Waals surface area contributed by atoms with Crippen molar-refractivity contribution in [2.24, 2.45) is 0 Å². The molecule has 0 aromatic rings. The van der Waals surface area contributed by atoms with Crippen molar-refractivity contribution in [3.05, 3.63) is 0 Å². The minimum atomic E-state index is 0.323. The molecular formula is C15H33N3O. The molecule has 0 aromatic carbocycles.